The summed E-state index contributed by atoms with van der Waals surface area (Å²) in [6.45, 7) is 0. The first kappa shape index (κ1) is 8.89. The van der Waals surface area contributed by atoms with Crippen LogP contribution in [0.2, 0.25) is 0 Å². The van der Waals surface area contributed by atoms with E-state index in [0.717, 1.165) is 11.4 Å². The zero-order chi connectivity index (χ0) is 9.80. The van der Waals surface area contributed by atoms with Crippen LogP contribution in [-0.2, 0) is 0 Å². The Bertz CT molecular complexity index is 403. The molecule has 0 fully saturated rings. The molecule has 0 unspecified atom stereocenters. The molecule has 1 aromatic carbocycles. The molecule has 0 radical (unpaired) electrons. The molecule has 0 aliphatic carbocycles. The number of methoxy groups -OCH3 is 1. The molecule has 0 saturated carbocycles. The average molecular weight is 208 g/mol. The van der Waals surface area contributed by atoms with Crippen LogP contribution in [0.4, 0.5) is 10.8 Å². The Balaban J connectivity index is 2.24. The summed E-state index contributed by atoms with van der Waals surface area (Å²) in [5, 5.41) is 11.0. The van der Waals surface area contributed by atoms with Gasteiger partial charge in [0.2, 0.25) is 5.13 Å². The van der Waals surface area contributed by atoms with Crippen molar-refractivity contribution in [1.29, 1.82) is 0 Å². The van der Waals surface area contributed by atoms with Crippen molar-refractivity contribution in [3.8, 4) is 5.75 Å². The SMILES string of the molecule is COc1ccccc1Nc1nnns1. The molecule has 1 N–H and O–H groups in total. The van der Waals surface area contributed by atoms with Crippen LogP contribution in [0.25, 0.3) is 0 Å². The third kappa shape index (κ3) is 1.80. The van der Waals surface area contributed by atoms with E-state index in [1.54, 1.807) is 7.11 Å². The van der Waals surface area contributed by atoms with E-state index in [9.17, 15) is 0 Å². The fourth-order valence-electron chi connectivity index (χ4n) is 1.04. The van der Waals surface area contributed by atoms with Crippen molar-refractivity contribution in [3.63, 3.8) is 0 Å². The van der Waals surface area contributed by atoms with Gasteiger partial charge in [-0.1, -0.05) is 21.7 Å². The van der Waals surface area contributed by atoms with Gasteiger partial charge in [-0.15, -0.1) is 0 Å². The van der Waals surface area contributed by atoms with Gasteiger partial charge in [-0.2, -0.15) is 0 Å². The molecule has 0 saturated heterocycles. The molecule has 0 spiro atoms. The van der Waals surface area contributed by atoms with Gasteiger partial charge in [-0.05, 0) is 17.3 Å². The van der Waals surface area contributed by atoms with E-state index in [4.69, 9.17) is 4.74 Å². The fraction of sp³-hybridized carbons (Fsp3) is 0.125. The lowest BCUT2D eigenvalue weighted by atomic mass is 10.3. The Labute approximate surface area is 84.9 Å². The Morgan fingerprint density at radius 2 is 2.21 bits per heavy atom. The van der Waals surface area contributed by atoms with Crippen molar-refractivity contribution in [3.05, 3.63) is 24.3 Å². The molecule has 0 amide bonds. The minimum Gasteiger partial charge on any atom is -0.495 e. The van der Waals surface area contributed by atoms with E-state index in [2.05, 4.69) is 20.1 Å². The molecule has 1 aromatic heterocycles. The number of hydrogen-bond acceptors (Lipinski definition) is 6. The molecule has 2 rings (SSSR count). The molecular weight excluding hydrogens is 200 g/mol. The van der Waals surface area contributed by atoms with Crippen molar-refractivity contribution in [2.24, 2.45) is 0 Å². The summed E-state index contributed by atoms with van der Waals surface area (Å²) in [6.07, 6.45) is 0. The summed E-state index contributed by atoms with van der Waals surface area (Å²) in [5.41, 5.74) is 0.855. The predicted octanol–water partition coefficient (Wildman–Crippen LogP) is 1.69. The Hall–Kier alpha value is -1.69. The van der Waals surface area contributed by atoms with Crippen molar-refractivity contribution >= 4 is 22.4 Å². The number of rotatable bonds is 3. The summed E-state index contributed by atoms with van der Waals surface area (Å²) >= 11 is 1.20. The molecule has 5 nitrogen and oxygen atoms in total. The van der Waals surface area contributed by atoms with Gasteiger partial charge >= 0.3 is 0 Å². The van der Waals surface area contributed by atoms with E-state index in [1.165, 1.54) is 11.5 Å². The quantitative estimate of drug-likeness (QED) is 0.831. The Morgan fingerprint density at radius 3 is 2.93 bits per heavy atom. The summed E-state index contributed by atoms with van der Waals surface area (Å²) in [4.78, 5) is 0. The highest BCUT2D eigenvalue weighted by Gasteiger charge is 2.03. The monoisotopic (exact) mass is 208 g/mol. The van der Waals surface area contributed by atoms with Gasteiger partial charge in [0.15, 0.2) is 0 Å². The fourth-order valence-corrected chi connectivity index (χ4v) is 1.42. The molecule has 0 bridgehead atoms. The highest BCUT2D eigenvalue weighted by molar-refractivity contribution is 7.09. The standard InChI is InChI=1S/C8H8N4OS/c1-13-7-5-3-2-4-6(7)9-8-10-11-12-14-8/h2-5H,1H3,(H,9,10,12). The zero-order valence-corrected chi connectivity index (χ0v) is 8.28. The van der Waals surface area contributed by atoms with Gasteiger partial charge in [0.1, 0.15) is 5.75 Å². The zero-order valence-electron chi connectivity index (χ0n) is 7.47. The summed E-state index contributed by atoms with van der Waals surface area (Å²) in [5.74, 6) is 0.766. The number of nitrogens with one attached hydrogen (secondary N) is 1. The van der Waals surface area contributed by atoms with Crippen molar-refractivity contribution in [1.82, 2.24) is 14.8 Å². The van der Waals surface area contributed by atoms with Crippen LogP contribution in [0.15, 0.2) is 24.3 Å². The van der Waals surface area contributed by atoms with Crippen molar-refractivity contribution in [2.75, 3.05) is 12.4 Å². The van der Waals surface area contributed by atoms with Gasteiger partial charge < -0.3 is 10.1 Å². The van der Waals surface area contributed by atoms with E-state index < -0.39 is 0 Å². The van der Waals surface area contributed by atoms with Gasteiger partial charge in [0, 0.05) is 11.5 Å². The van der Waals surface area contributed by atoms with Crippen LogP contribution in [-0.4, -0.2) is 21.9 Å². The molecule has 14 heavy (non-hydrogen) atoms. The summed E-state index contributed by atoms with van der Waals surface area (Å²) in [7, 11) is 1.62. The molecule has 0 aliphatic heterocycles. The highest BCUT2D eigenvalue weighted by Crippen LogP contribution is 2.26. The number of para-hydroxylation sites is 2. The van der Waals surface area contributed by atoms with Gasteiger partial charge in [0.05, 0.1) is 12.8 Å². The van der Waals surface area contributed by atoms with Crippen LogP contribution in [0.3, 0.4) is 0 Å². The first-order chi connectivity index (χ1) is 6.90. The summed E-state index contributed by atoms with van der Waals surface area (Å²) < 4.78 is 8.82. The molecule has 72 valence electrons. The average Bonchev–Trinajstić information content (AvgIpc) is 2.71. The minimum atomic E-state index is 0.648. The van der Waals surface area contributed by atoms with Crippen LogP contribution < -0.4 is 10.1 Å². The second-order valence-corrected chi connectivity index (χ2v) is 3.23. The van der Waals surface area contributed by atoms with Crippen molar-refractivity contribution < 1.29 is 4.74 Å². The second kappa shape index (κ2) is 4.01. The molecule has 6 heteroatoms. The summed E-state index contributed by atoms with van der Waals surface area (Å²) in [6, 6.07) is 7.60. The molecule has 0 aliphatic rings. The number of aromatic nitrogens is 3. The number of hydrogen-bond donors (Lipinski definition) is 1. The second-order valence-electron chi connectivity index (χ2n) is 2.49. The molecule has 1 heterocycles. The molecular formula is C8H8N4OS. The van der Waals surface area contributed by atoms with Crippen LogP contribution in [0, 0.1) is 0 Å². The number of nitrogens with zero attached hydrogens (tertiary/aromatic N) is 3. The van der Waals surface area contributed by atoms with E-state index >= 15 is 0 Å². The van der Waals surface area contributed by atoms with E-state index in [-0.39, 0.29) is 0 Å². The lowest BCUT2D eigenvalue weighted by Gasteiger charge is -2.06. The highest BCUT2D eigenvalue weighted by atomic mass is 32.1. The Morgan fingerprint density at radius 1 is 1.36 bits per heavy atom. The van der Waals surface area contributed by atoms with Gasteiger partial charge in [-0.25, -0.2) is 0 Å². The smallest absolute Gasteiger partial charge is 0.229 e. The van der Waals surface area contributed by atoms with E-state index in [1.807, 2.05) is 24.3 Å². The Kier molecular flexibility index (Phi) is 2.55. The topological polar surface area (TPSA) is 59.9 Å². The van der Waals surface area contributed by atoms with Crippen LogP contribution in [0.5, 0.6) is 5.75 Å². The maximum atomic E-state index is 5.17. The van der Waals surface area contributed by atoms with Gasteiger partial charge in [-0.3, -0.25) is 0 Å². The van der Waals surface area contributed by atoms with Gasteiger partial charge in [0.25, 0.3) is 0 Å². The first-order valence-corrected chi connectivity index (χ1v) is 4.72. The molecule has 0 atom stereocenters. The lowest BCUT2D eigenvalue weighted by molar-refractivity contribution is 0.417. The van der Waals surface area contributed by atoms with E-state index in [0.29, 0.717) is 5.13 Å². The maximum Gasteiger partial charge on any atom is 0.229 e. The lowest BCUT2D eigenvalue weighted by Crippen LogP contribution is -1.93. The molecule has 2 aromatic rings. The first-order valence-electron chi connectivity index (χ1n) is 3.95. The normalized spacial score (nSPS) is 9.79. The van der Waals surface area contributed by atoms with Crippen molar-refractivity contribution in [2.45, 2.75) is 0 Å². The number of benzene rings is 1. The van der Waals surface area contributed by atoms with Crippen LogP contribution in [0.1, 0.15) is 0 Å². The maximum absolute atomic E-state index is 5.17. The predicted molar refractivity (Wildman–Crippen MR) is 54.0 cm³/mol. The largest absolute Gasteiger partial charge is 0.495 e. The number of anilines is 2. The number of ether oxygens (including phenoxy) is 1. The minimum absolute atomic E-state index is 0.648. The van der Waals surface area contributed by atoms with Crippen LogP contribution >= 0.6 is 11.5 Å². The third-order valence-electron chi connectivity index (χ3n) is 1.65. The third-order valence-corrected chi connectivity index (χ3v) is 2.16.